The number of para-hydroxylation sites is 1. The van der Waals surface area contributed by atoms with Gasteiger partial charge in [-0.1, -0.05) is 48.5 Å². The van der Waals surface area contributed by atoms with Crippen molar-refractivity contribution >= 4 is 22.5 Å². The van der Waals surface area contributed by atoms with Crippen LogP contribution in [0, 0.1) is 0 Å². The van der Waals surface area contributed by atoms with Gasteiger partial charge in [0.2, 0.25) is 0 Å². The molecule has 4 aromatic rings. The monoisotopic (exact) mass is 442 g/mol. The summed E-state index contributed by atoms with van der Waals surface area (Å²) in [6.45, 7) is 5.92. The van der Waals surface area contributed by atoms with Gasteiger partial charge in [0.05, 0.1) is 11.5 Å². The molecule has 0 aliphatic carbocycles. The van der Waals surface area contributed by atoms with Gasteiger partial charge in [-0.2, -0.15) is 0 Å². The van der Waals surface area contributed by atoms with Gasteiger partial charge in [-0.3, -0.25) is 0 Å². The highest BCUT2D eigenvalue weighted by Crippen LogP contribution is 2.45. The third-order valence-corrected chi connectivity index (χ3v) is 6.27. The van der Waals surface area contributed by atoms with E-state index >= 15 is 0 Å². The number of hydrogen-bond donors (Lipinski definition) is 1. The van der Waals surface area contributed by atoms with Crippen LogP contribution in [0.4, 0.5) is 11.5 Å². The Bertz CT molecular complexity index is 1290. The lowest BCUT2D eigenvalue weighted by Gasteiger charge is -2.24. The molecule has 4 heterocycles. The molecule has 7 nitrogen and oxygen atoms in total. The van der Waals surface area contributed by atoms with Gasteiger partial charge in [-0.05, 0) is 38.5 Å². The molecule has 6 rings (SSSR count). The number of benzene rings is 2. The summed E-state index contributed by atoms with van der Waals surface area (Å²) >= 11 is 0. The Morgan fingerprint density at radius 3 is 2.36 bits per heavy atom. The van der Waals surface area contributed by atoms with Crippen molar-refractivity contribution in [2.45, 2.75) is 51.1 Å². The third kappa shape index (κ3) is 3.49. The molecule has 2 aliphatic rings. The van der Waals surface area contributed by atoms with Crippen molar-refractivity contribution in [3.8, 4) is 11.1 Å². The second-order valence-electron chi connectivity index (χ2n) is 9.02. The quantitative estimate of drug-likeness (QED) is 0.464. The molecule has 0 radical (unpaired) electrons. The summed E-state index contributed by atoms with van der Waals surface area (Å²) in [4.78, 5) is 9.29. The van der Waals surface area contributed by atoms with E-state index in [1.165, 1.54) is 0 Å². The molecule has 33 heavy (non-hydrogen) atoms. The van der Waals surface area contributed by atoms with Crippen LogP contribution in [0.2, 0.25) is 0 Å². The first-order chi connectivity index (χ1) is 16.0. The Morgan fingerprint density at radius 1 is 0.909 bits per heavy atom. The fourth-order valence-corrected chi connectivity index (χ4v) is 4.87. The number of fused-ring (bicyclic) bond motifs is 2. The van der Waals surface area contributed by atoms with Gasteiger partial charge < -0.3 is 24.1 Å². The average Bonchev–Trinajstić information content (AvgIpc) is 3.45. The summed E-state index contributed by atoms with van der Waals surface area (Å²) in [6.07, 6.45) is 2.87. The van der Waals surface area contributed by atoms with E-state index in [1.54, 1.807) is 6.33 Å². The van der Waals surface area contributed by atoms with E-state index in [9.17, 15) is 0 Å². The van der Waals surface area contributed by atoms with Crippen LogP contribution in [-0.2, 0) is 14.2 Å². The van der Waals surface area contributed by atoms with E-state index in [-0.39, 0.29) is 24.5 Å². The van der Waals surface area contributed by atoms with E-state index < -0.39 is 5.79 Å². The Hall–Kier alpha value is -3.26. The second-order valence-corrected chi connectivity index (χ2v) is 9.02. The lowest BCUT2D eigenvalue weighted by Crippen LogP contribution is -2.27. The SMILES string of the molecule is C[C@@H]1O[C@@H](n2cc(-c3ccccc3)c3c(Nc4ccccc4)ncnc32)[C@@H]2OC(C)(C)O[C@@H]21. The number of aromatic nitrogens is 3. The maximum Gasteiger partial charge on any atom is 0.164 e. The van der Waals surface area contributed by atoms with Gasteiger partial charge in [0.15, 0.2) is 12.0 Å². The molecule has 0 spiro atoms. The van der Waals surface area contributed by atoms with Crippen LogP contribution < -0.4 is 5.32 Å². The normalized spacial score (nSPS) is 25.9. The molecule has 0 amide bonds. The first-order valence-corrected chi connectivity index (χ1v) is 11.2. The molecule has 2 fully saturated rings. The van der Waals surface area contributed by atoms with Crippen molar-refractivity contribution in [1.82, 2.24) is 14.5 Å². The van der Waals surface area contributed by atoms with Gasteiger partial charge in [0.25, 0.3) is 0 Å². The number of ether oxygens (including phenoxy) is 3. The average molecular weight is 443 g/mol. The van der Waals surface area contributed by atoms with Crippen molar-refractivity contribution < 1.29 is 14.2 Å². The summed E-state index contributed by atoms with van der Waals surface area (Å²) in [7, 11) is 0. The molecule has 7 heteroatoms. The van der Waals surface area contributed by atoms with Crippen LogP contribution in [0.15, 0.2) is 73.2 Å². The summed E-state index contributed by atoms with van der Waals surface area (Å²) in [5.41, 5.74) is 3.86. The zero-order valence-corrected chi connectivity index (χ0v) is 18.8. The van der Waals surface area contributed by atoms with Gasteiger partial charge in [-0.15, -0.1) is 0 Å². The summed E-state index contributed by atoms with van der Waals surface area (Å²) in [5, 5.41) is 4.40. The zero-order chi connectivity index (χ0) is 22.6. The third-order valence-electron chi connectivity index (χ3n) is 6.27. The maximum absolute atomic E-state index is 6.36. The van der Waals surface area contributed by atoms with Crippen molar-refractivity contribution in [1.29, 1.82) is 0 Å². The van der Waals surface area contributed by atoms with Gasteiger partial charge in [0.1, 0.15) is 30.0 Å². The number of anilines is 2. The lowest BCUT2D eigenvalue weighted by molar-refractivity contribution is -0.194. The topological polar surface area (TPSA) is 70.4 Å². The Labute approximate surface area is 192 Å². The van der Waals surface area contributed by atoms with Crippen LogP contribution in [0.3, 0.4) is 0 Å². The highest BCUT2D eigenvalue weighted by atomic mass is 16.8. The van der Waals surface area contributed by atoms with Crippen LogP contribution in [0.1, 0.15) is 27.0 Å². The maximum atomic E-state index is 6.36. The van der Waals surface area contributed by atoms with E-state index in [0.717, 1.165) is 33.7 Å². The summed E-state index contributed by atoms with van der Waals surface area (Å²) in [5.74, 6) is 0.0987. The van der Waals surface area contributed by atoms with Crippen LogP contribution in [0.5, 0.6) is 0 Å². The first-order valence-electron chi connectivity index (χ1n) is 11.2. The van der Waals surface area contributed by atoms with E-state index in [4.69, 9.17) is 14.2 Å². The molecule has 0 saturated carbocycles. The molecule has 2 aromatic carbocycles. The number of nitrogens with one attached hydrogen (secondary N) is 1. The van der Waals surface area contributed by atoms with E-state index in [1.807, 2.05) is 69.3 Å². The largest absolute Gasteiger partial charge is 0.349 e. The number of nitrogens with zero attached hydrogens (tertiary/aromatic N) is 3. The molecule has 2 aromatic heterocycles. The molecule has 2 aliphatic heterocycles. The van der Waals surface area contributed by atoms with Gasteiger partial charge >= 0.3 is 0 Å². The summed E-state index contributed by atoms with van der Waals surface area (Å²) < 4.78 is 20.8. The lowest BCUT2D eigenvalue weighted by atomic mass is 10.1. The zero-order valence-electron chi connectivity index (χ0n) is 18.8. The summed E-state index contributed by atoms with van der Waals surface area (Å²) in [6, 6.07) is 20.3. The number of rotatable bonds is 4. The Balaban J connectivity index is 1.52. The molecule has 0 unspecified atom stereocenters. The van der Waals surface area contributed by atoms with Gasteiger partial charge in [0, 0.05) is 17.4 Å². The van der Waals surface area contributed by atoms with Crippen molar-refractivity contribution in [2.24, 2.45) is 0 Å². The minimum atomic E-state index is -0.647. The minimum Gasteiger partial charge on any atom is -0.349 e. The second kappa shape index (κ2) is 7.66. The van der Waals surface area contributed by atoms with Crippen molar-refractivity contribution in [2.75, 3.05) is 5.32 Å². The Kier molecular flexibility index (Phi) is 4.72. The molecule has 2 saturated heterocycles. The minimum absolute atomic E-state index is 0.0943. The van der Waals surface area contributed by atoms with E-state index in [0.29, 0.717) is 0 Å². The molecule has 4 atom stereocenters. The van der Waals surface area contributed by atoms with Crippen molar-refractivity contribution in [3.63, 3.8) is 0 Å². The molecule has 0 bridgehead atoms. The van der Waals surface area contributed by atoms with E-state index in [2.05, 4.69) is 38.2 Å². The highest BCUT2D eigenvalue weighted by Gasteiger charge is 2.54. The fraction of sp³-hybridized carbons (Fsp3) is 0.308. The van der Waals surface area contributed by atoms with Crippen LogP contribution in [0.25, 0.3) is 22.2 Å². The fourth-order valence-electron chi connectivity index (χ4n) is 4.87. The molecular formula is C26H26N4O3. The van der Waals surface area contributed by atoms with Crippen molar-refractivity contribution in [3.05, 3.63) is 73.2 Å². The molecule has 1 N–H and O–H groups in total. The van der Waals surface area contributed by atoms with Gasteiger partial charge in [-0.25, -0.2) is 9.97 Å². The smallest absolute Gasteiger partial charge is 0.164 e. The predicted molar refractivity (Wildman–Crippen MR) is 126 cm³/mol. The predicted octanol–water partition coefficient (Wildman–Crippen LogP) is 5.28. The first kappa shape index (κ1) is 20.4. The molecule has 168 valence electrons. The number of hydrogen-bond acceptors (Lipinski definition) is 6. The highest BCUT2D eigenvalue weighted by molar-refractivity contribution is 6.02. The van der Waals surface area contributed by atoms with Crippen LogP contribution in [-0.4, -0.2) is 38.6 Å². The van der Waals surface area contributed by atoms with Crippen LogP contribution >= 0.6 is 0 Å². The molecular weight excluding hydrogens is 416 g/mol. The standard InChI is InChI=1S/C26H26N4O3/c1-16-21-22(33-26(2,3)32-21)25(31-16)30-14-19(17-10-6-4-7-11-17)20-23(27-15-28-24(20)30)29-18-12-8-5-9-13-18/h4-16,21-22,25H,1-3H3,(H,27,28,29)/t16-,21+,22+,25+/m0/s1. The Morgan fingerprint density at radius 2 is 1.61 bits per heavy atom.